The monoisotopic (exact) mass is 387 g/mol. The van der Waals surface area contributed by atoms with Crippen LogP contribution < -0.4 is 0 Å². The van der Waals surface area contributed by atoms with Gasteiger partial charge in [-0.3, -0.25) is 10.1 Å². The Hall–Kier alpha value is -1.78. The van der Waals surface area contributed by atoms with Crippen LogP contribution in [0.2, 0.25) is 11.6 Å². The number of nitro groups is 1. The number of hydrogen-bond donors (Lipinski definition) is 0. The van der Waals surface area contributed by atoms with Gasteiger partial charge >= 0.3 is 5.97 Å². The van der Waals surface area contributed by atoms with E-state index < -0.39 is 40.5 Å². The molecular weight excluding hydrogens is 364 g/mol. The highest BCUT2D eigenvalue weighted by Gasteiger charge is 2.40. The highest BCUT2D eigenvalue weighted by molar-refractivity contribution is 7.90. The van der Waals surface area contributed by atoms with Gasteiger partial charge in [0.15, 0.2) is 13.9 Å². The van der Waals surface area contributed by atoms with Gasteiger partial charge < -0.3 is 4.74 Å². The van der Waals surface area contributed by atoms with Gasteiger partial charge in [0.1, 0.15) is 0 Å². The maximum atomic E-state index is 13.1. The zero-order chi connectivity index (χ0) is 19.6. The zero-order valence-electron chi connectivity index (χ0n) is 15.2. The minimum absolute atomic E-state index is 0.0294. The van der Waals surface area contributed by atoms with Crippen molar-refractivity contribution in [3.8, 4) is 0 Å². The Kier molecular flexibility index (Phi) is 6.48. The van der Waals surface area contributed by atoms with Gasteiger partial charge in [0.2, 0.25) is 10.0 Å². The number of nitrogens with zero attached hydrogens (tertiary/aromatic N) is 2. The number of carbonyl (C=O) groups is 1. The van der Waals surface area contributed by atoms with Gasteiger partial charge in [-0.15, -0.1) is 0 Å². The summed E-state index contributed by atoms with van der Waals surface area (Å²) < 4.78 is 32.3. The van der Waals surface area contributed by atoms with Crippen LogP contribution in [0.4, 0.5) is 5.69 Å². The molecule has 0 bridgehead atoms. The van der Waals surface area contributed by atoms with Crippen LogP contribution in [-0.2, 0) is 14.8 Å². The average molecular weight is 388 g/mol. The van der Waals surface area contributed by atoms with Gasteiger partial charge in [-0.2, -0.15) is 0 Å². The first-order valence-corrected chi connectivity index (χ1v) is 11.0. The van der Waals surface area contributed by atoms with Crippen LogP contribution >= 0.6 is 0 Å². The van der Waals surface area contributed by atoms with Crippen LogP contribution in [0.5, 0.6) is 0 Å². The molecule has 0 amide bonds. The summed E-state index contributed by atoms with van der Waals surface area (Å²) in [6, 6.07) is 3.57. The fourth-order valence-electron chi connectivity index (χ4n) is 2.10. The van der Waals surface area contributed by atoms with Crippen molar-refractivity contribution in [1.82, 2.24) is 3.97 Å². The predicted molar refractivity (Wildman–Crippen MR) is 95.3 cm³/mol. The molecule has 0 atom stereocenters. The number of hydrogen-bond acceptors (Lipinski definition) is 6. The number of benzene rings is 1. The standard InChI is InChI=1S/C15H23N2O6SSi/c1-7-23-14(18)11-9-8-10-12(17(19)20)13(11)24(21,22)16(5)25(6)15(2,3)4/h8-10H,7H2,1-6H3. The van der Waals surface area contributed by atoms with E-state index in [9.17, 15) is 23.3 Å². The van der Waals surface area contributed by atoms with Crippen molar-refractivity contribution in [2.24, 2.45) is 0 Å². The van der Waals surface area contributed by atoms with Gasteiger partial charge in [0.25, 0.3) is 5.69 Å². The molecule has 1 rings (SSSR count). The molecule has 0 spiro atoms. The second kappa shape index (κ2) is 7.62. The van der Waals surface area contributed by atoms with E-state index >= 15 is 0 Å². The maximum Gasteiger partial charge on any atom is 0.339 e. The largest absolute Gasteiger partial charge is 0.462 e. The summed E-state index contributed by atoms with van der Waals surface area (Å²) in [5, 5.41) is 11.1. The molecule has 0 N–H and O–H groups in total. The van der Waals surface area contributed by atoms with Crippen LogP contribution in [0.15, 0.2) is 23.1 Å². The van der Waals surface area contributed by atoms with Gasteiger partial charge in [-0.05, 0) is 25.1 Å². The Bertz CT molecular complexity index is 773. The molecule has 1 radical (unpaired) electrons. The molecule has 1 aromatic carbocycles. The molecule has 0 aliphatic rings. The van der Waals surface area contributed by atoms with Gasteiger partial charge in [-0.25, -0.2) is 17.2 Å². The van der Waals surface area contributed by atoms with Crippen LogP contribution in [0.25, 0.3) is 0 Å². The van der Waals surface area contributed by atoms with E-state index in [1.54, 1.807) is 13.5 Å². The number of esters is 1. The van der Waals surface area contributed by atoms with Crippen LogP contribution in [0.3, 0.4) is 0 Å². The molecule has 8 nitrogen and oxygen atoms in total. The number of rotatable bonds is 6. The van der Waals surface area contributed by atoms with Crippen molar-refractivity contribution in [3.05, 3.63) is 33.9 Å². The molecule has 25 heavy (non-hydrogen) atoms. The molecule has 139 valence electrons. The van der Waals surface area contributed by atoms with Crippen LogP contribution in [0.1, 0.15) is 38.1 Å². The Morgan fingerprint density at radius 2 is 1.92 bits per heavy atom. The minimum Gasteiger partial charge on any atom is -0.462 e. The quantitative estimate of drug-likeness (QED) is 0.321. The average Bonchev–Trinajstić information content (AvgIpc) is 2.51. The Labute approximate surface area is 149 Å². The van der Waals surface area contributed by atoms with E-state index in [-0.39, 0.29) is 17.2 Å². The first kappa shape index (κ1) is 21.3. The molecule has 0 aliphatic carbocycles. The normalized spacial score (nSPS) is 12.5. The topological polar surface area (TPSA) is 107 Å². The summed E-state index contributed by atoms with van der Waals surface area (Å²) in [5.74, 6) is -0.904. The van der Waals surface area contributed by atoms with Crippen molar-refractivity contribution in [3.63, 3.8) is 0 Å². The first-order chi connectivity index (χ1) is 11.4. The SMILES string of the molecule is CCOC(=O)c1cccc([N+](=O)[O-])c1S(=O)(=O)N(C)[Si](C)C(C)(C)C. The highest BCUT2D eigenvalue weighted by Crippen LogP contribution is 2.35. The minimum atomic E-state index is -4.25. The van der Waals surface area contributed by atoms with E-state index in [4.69, 9.17) is 4.74 Å². The fourth-order valence-corrected chi connectivity index (χ4v) is 6.69. The van der Waals surface area contributed by atoms with E-state index in [1.807, 2.05) is 20.8 Å². The smallest absolute Gasteiger partial charge is 0.339 e. The molecule has 0 heterocycles. The van der Waals surface area contributed by atoms with E-state index in [0.717, 1.165) is 10.0 Å². The van der Waals surface area contributed by atoms with Crippen molar-refractivity contribution in [1.29, 1.82) is 0 Å². The number of carbonyl (C=O) groups excluding carboxylic acids is 1. The molecule has 0 fully saturated rings. The van der Waals surface area contributed by atoms with Gasteiger partial charge in [0, 0.05) is 6.07 Å². The van der Waals surface area contributed by atoms with Crippen molar-refractivity contribution in [2.45, 2.75) is 44.2 Å². The third-order valence-electron chi connectivity index (χ3n) is 3.86. The van der Waals surface area contributed by atoms with Crippen LogP contribution in [-0.4, -0.2) is 45.9 Å². The third-order valence-corrected chi connectivity index (χ3v) is 10.2. The zero-order valence-corrected chi connectivity index (χ0v) is 17.0. The molecule has 0 saturated carbocycles. The van der Waals surface area contributed by atoms with E-state index in [1.165, 1.54) is 19.2 Å². The lowest BCUT2D eigenvalue weighted by molar-refractivity contribution is -0.387. The molecule has 0 aliphatic heterocycles. The van der Waals surface area contributed by atoms with E-state index in [2.05, 4.69) is 0 Å². The van der Waals surface area contributed by atoms with E-state index in [0.29, 0.717) is 0 Å². The molecule has 0 aromatic heterocycles. The summed E-state index contributed by atoms with van der Waals surface area (Å²) in [7, 11) is -4.48. The maximum absolute atomic E-state index is 13.1. The van der Waals surface area contributed by atoms with Crippen molar-refractivity contribution < 1.29 is 22.9 Å². The lowest BCUT2D eigenvalue weighted by atomic mass is 10.2. The van der Waals surface area contributed by atoms with Crippen molar-refractivity contribution >= 4 is 30.6 Å². The van der Waals surface area contributed by atoms with Gasteiger partial charge in [-0.1, -0.05) is 33.4 Å². The predicted octanol–water partition coefficient (Wildman–Crippen LogP) is 2.81. The summed E-state index contributed by atoms with van der Waals surface area (Å²) in [6.07, 6.45) is 0. The molecular formula is C15H23N2O6SSi. The van der Waals surface area contributed by atoms with Gasteiger partial charge in [0.05, 0.1) is 17.1 Å². The summed E-state index contributed by atoms with van der Waals surface area (Å²) >= 11 is 0. The first-order valence-electron chi connectivity index (χ1n) is 7.63. The summed E-state index contributed by atoms with van der Waals surface area (Å²) in [5.41, 5.74) is -0.965. The third kappa shape index (κ3) is 4.44. The molecule has 0 unspecified atom stereocenters. The Morgan fingerprint density at radius 3 is 2.36 bits per heavy atom. The molecule has 1 aromatic rings. The Balaban J connectivity index is 3.67. The number of ether oxygens (including phenoxy) is 1. The lowest BCUT2D eigenvalue weighted by Gasteiger charge is -2.32. The number of sulfonamides is 1. The highest BCUT2D eigenvalue weighted by atomic mass is 32.2. The molecule has 0 saturated heterocycles. The lowest BCUT2D eigenvalue weighted by Crippen LogP contribution is -2.44. The second-order valence-corrected chi connectivity index (χ2v) is 12.0. The van der Waals surface area contributed by atoms with Crippen LogP contribution in [0, 0.1) is 10.1 Å². The molecule has 10 heteroatoms. The van der Waals surface area contributed by atoms with Crippen molar-refractivity contribution in [2.75, 3.05) is 13.7 Å². The fraction of sp³-hybridized carbons (Fsp3) is 0.533. The summed E-state index contributed by atoms with van der Waals surface area (Å²) in [6.45, 7) is 9.11. The number of nitro benzene ring substituents is 1. The Morgan fingerprint density at radius 1 is 1.36 bits per heavy atom. The summed E-state index contributed by atoms with van der Waals surface area (Å²) in [4.78, 5) is 22.1. The second-order valence-electron chi connectivity index (χ2n) is 6.44.